The van der Waals surface area contributed by atoms with Gasteiger partial charge < -0.3 is 10.5 Å². The topological polar surface area (TPSA) is 109 Å². The maximum absolute atomic E-state index is 11.3. The van der Waals surface area contributed by atoms with E-state index in [-0.39, 0.29) is 11.7 Å². The van der Waals surface area contributed by atoms with Gasteiger partial charge in [-0.2, -0.15) is 0 Å². The van der Waals surface area contributed by atoms with Gasteiger partial charge in [-0.05, 0) is 5.92 Å². The van der Waals surface area contributed by atoms with Crippen molar-refractivity contribution in [2.75, 3.05) is 12.8 Å². The van der Waals surface area contributed by atoms with Crippen molar-refractivity contribution in [1.82, 2.24) is 24.7 Å². The van der Waals surface area contributed by atoms with Crippen LogP contribution in [-0.2, 0) is 4.74 Å². The lowest BCUT2D eigenvalue weighted by Gasteiger charge is -2.12. The fraction of sp³-hybridized carbons (Fsp3) is 0.364. The molecular formula is C11H14N6O2. The predicted octanol–water partition coefficient (Wildman–Crippen LogP) is 0.549. The van der Waals surface area contributed by atoms with Gasteiger partial charge in [-0.15, -0.1) is 5.10 Å². The molecule has 2 rings (SSSR count). The number of methoxy groups -OCH3 is 1. The third-order valence-corrected chi connectivity index (χ3v) is 2.55. The van der Waals surface area contributed by atoms with Crippen LogP contribution in [0.15, 0.2) is 12.7 Å². The number of anilines is 1. The molecule has 0 atom stereocenters. The van der Waals surface area contributed by atoms with Gasteiger partial charge in [-0.1, -0.05) is 13.8 Å². The highest BCUT2D eigenvalue weighted by Gasteiger charge is 2.18. The Hall–Kier alpha value is -2.51. The van der Waals surface area contributed by atoms with Crippen LogP contribution in [0.2, 0.25) is 0 Å². The number of carbonyl (C=O) groups is 1. The largest absolute Gasteiger partial charge is 0.463 e. The maximum atomic E-state index is 11.3. The standard InChI is InChI=1S/C11H14N6O2/c1-6(2)7-8(12)13-4-14-10(7)17-5-15-9(16-17)11(18)19-3/h4-6H,1-3H3,(H2,12,13,14). The van der Waals surface area contributed by atoms with Crippen LogP contribution in [0.5, 0.6) is 0 Å². The van der Waals surface area contributed by atoms with Crippen LogP contribution >= 0.6 is 0 Å². The third-order valence-electron chi connectivity index (χ3n) is 2.55. The molecule has 0 radical (unpaired) electrons. The summed E-state index contributed by atoms with van der Waals surface area (Å²) < 4.78 is 5.94. The molecule has 2 aromatic rings. The Labute approximate surface area is 109 Å². The van der Waals surface area contributed by atoms with E-state index in [0.717, 1.165) is 5.56 Å². The van der Waals surface area contributed by atoms with Gasteiger partial charge in [0.15, 0.2) is 5.82 Å². The molecule has 0 bridgehead atoms. The monoisotopic (exact) mass is 262 g/mol. The Morgan fingerprint density at radius 3 is 2.74 bits per heavy atom. The van der Waals surface area contributed by atoms with Gasteiger partial charge in [0.25, 0.3) is 5.82 Å². The van der Waals surface area contributed by atoms with Crippen LogP contribution < -0.4 is 5.73 Å². The van der Waals surface area contributed by atoms with Crippen LogP contribution in [-0.4, -0.2) is 37.8 Å². The van der Waals surface area contributed by atoms with E-state index in [1.165, 1.54) is 24.4 Å². The lowest BCUT2D eigenvalue weighted by atomic mass is 10.1. The SMILES string of the molecule is COC(=O)c1ncn(-c2ncnc(N)c2C(C)C)n1. The summed E-state index contributed by atoms with van der Waals surface area (Å²) in [6.07, 6.45) is 2.73. The van der Waals surface area contributed by atoms with Crippen LogP contribution in [0.1, 0.15) is 35.9 Å². The molecule has 0 amide bonds. The first-order chi connectivity index (χ1) is 9.04. The van der Waals surface area contributed by atoms with Gasteiger partial charge in [-0.25, -0.2) is 24.4 Å². The minimum Gasteiger partial charge on any atom is -0.463 e. The Bertz CT molecular complexity index is 607. The Balaban J connectivity index is 2.50. The van der Waals surface area contributed by atoms with E-state index in [2.05, 4.69) is 24.8 Å². The lowest BCUT2D eigenvalue weighted by molar-refractivity contribution is 0.0587. The molecule has 0 aliphatic heterocycles. The molecule has 0 spiro atoms. The zero-order valence-electron chi connectivity index (χ0n) is 10.9. The number of hydrogen-bond acceptors (Lipinski definition) is 7. The highest BCUT2D eigenvalue weighted by atomic mass is 16.5. The molecule has 2 heterocycles. The number of rotatable bonds is 3. The summed E-state index contributed by atoms with van der Waals surface area (Å²) in [5, 5.41) is 4.02. The fourth-order valence-corrected chi connectivity index (χ4v) is 1.69. The molecule has 2 aromatic heterocycles. The van der Waals surface area contributed by atoms with E-state index in [4.69, 9.17) is 5.73 Å². The van der Waals surface area contributed by atoms with Crippen molar-refractivity contribution >= 4 is 11.8 Å². The second kappa shape index (κ2) is 5.01. The van der Waals surface area contributed by atoms with Crippen LogP contribution in [0.3, 0.4) is 0 Å². The average Bonchev–Trinajstić information content (AvgIpc) is 2.86. The second-order valence-electron chi connectivity index (χ2n) is 4.16. The summed E-state index contributed by atoms with van der Waals surface area (Å²) in [5.41, 5.74) is 6.60. The van der Waals surface area contributed by atoms with E-state index in [1.807, 2.05) is 13.8 Å². The van der Waals surface area contributed by atoms with Gasteiger partial charge in [0, 0.05) is 5.56 Å². The maximum Gasteiger partial charge on any atom is 0.377 e. The van der Waals surface area contributed by atoms with Gasteiger partial charge in [-0.3, -0.25) is 0 Å². The number of nitrogens with zero attached hydrogens (tertiary/aromatic N) is 5. The quantitative estimate of drug-likeness (QED) is 0.804. The molecule has 0 aromatic carbocycles. The summed E-state index contributed by atoms with van der Waals surface area (Å²) in [4.78, 5) is 23.3. The number of aromatic nitrogens is 5. The van der Waals surface area contributed by atoms with Crippen molar-refractivity contribution in [3.8, 4) is 5.82 Å². The molecule has 8 heteroatoms. The van der Waals surface area contributed by atoms with E-state index < -0.39 is 5.97 Å². The molecular weight excluding hydrogens is 248 g/mol. The van der Waals surface area contributed by atoms with E-state index in [1.54, 1.807) is 0 Å². The first-order valence-electron chi connectivity index (χ1n) is 5.65. The van der Waals surface area contributed by atoms with Gasteiger partial charge in [0.2, 0.25) is 0 Å². The van der Waals surface area contributed by atoms with Crippen molar-refractivity contribution < 1.29 is 9.53 Å². The number of ether oxygens (including phenoxy) is 1. The first-order valence-corrected chi connectivity index (χ1v) is 5.65. The molecule has 0 aliphatic carbocycles. The Morgan fingerprint density at radius 1 is 1.37 bits per heavy atom. The molecule has 8 nitrogen and oxygen atoms in total. The summed E-state index contributed by atoms with van der Waals surface area (Å²) in [6.45, 7) is 3.94. The fourth-order valence-electron chi connectivity index (χ4n) is 1.69. The molecule has 100 valence electrons. The average molecular weight is 262 g/mol. The highest BCUT2D eigenvalue weighted by molar-refractivity contribution is 5.84. The van der Waals surface area contributed by atoms with E-state index in [0.29, 0.717) is 11.6 Å². The summed E-state index contributed by atoms with van der Waals surface area (Å²) in [7, 11) is 1.27. The number of esters is 1. The van der Waals surface area contributed by atoms with E-state index in [9.17, 15) is 4.79 Å². The minimum atomic E-state index is -0.605. The van der Waals surface area contributed by atoms with Crippen molar-refractivity contribution in [3.63, 3.8) is 0 Å². The zero-order valence-corrected chi connectivity index (χ0v) is 10.9. The van der Waals surface area contributed by atoms with Crippen molar-refractivity contribution in [3.05, 3.63) is 24.0 Å². The number of nitrogen functional groups attached to an aromatic ring is 1. The molecule has 0 saturated carbocycles. The minimum absolute atomic E-state index is 0.0330. The van der Waals surface area contributed by atoms with Crippen molar-refractivity contribution in [2.24, 2.45) is 0 Å². The van der Waals surface area contributed by atoms with Gasteiger partial charge in [0.1, 0.15) is 18.5 Å². The molecule has 0 aliphatic rings. The third kappa shape index (κ3) is 2.37. The first kappa shape index (κ1) is 12.9. The molecule has 0 unspecified atom stereocenters. The Kier molecular flexibility index (Phi) is 3.41. The van der Waals surface area contributed by atoms with Crippen LogP contribution in [0.4, 0.5) is 5.82 Å². The number of hydrogen-bond donors (Lipinski definition) is 1. The van der Waals surface area contributed by atoms with Crippen molar-refractivity contribution in [1.29, 1.82) is 0 Å². The Morgan fingerprint density at radius 2 is 2.11 bits per heavy atom. The number of carbonyl (C=O) groups excluding carboxylic acids is 1. The summed E-state index contributed by atoms with van der Waals surface area (Å²) in [5.74, 6) is 0.364. The predicted molar refractivity (Wildman–Crippen MR) is 66.8 cm³/mol. The van der Waals surface area contributed by atoms with Crippen molar-refractivity contribution in [2.45, 2.75) is 19.8 Å². The second-order valence-corrected chi connectivity index (χ2v) is 4.16. The van der Waals surface area contributed by atoms with Gasteiger partial charge >= 0.3 is 5.97 Å². The molecule has 0 fully saturated rings. The molecule has 0 saturated heterocycles. The van der Waals surface area contributed by atoms with Gasteiger partial charge in [0.05, 0.1) is 7.11 Å². The van der Waals surface area contributed by atoms with Crippen LogP contribution in [0, 0.1) is 0 Å². The highest BCUT2D eigenvalue weighted by Crippen LogP contribution is 2.24. The van der Waals surface area contributed by atoms with Crippen LogP contribution in [0.25, 0.3) is 5.82 Å². The normalized spacial score (nSPS) is 10.7. The smallest absolute Gasteiger partial charge is 0.377 e. The number of nitrogens with two attached hydrogens (primary N) is 1. The lowest BCUT2D eigenvalue weighted by Crippen LogP contribution is -2.11. The summed E-state index contributed by atoms with van der Waals surface area (Å²) in [6, 6.07) is 0. The summed E-state index contributed by atoms with van der Waals surface area (Å²) >= 11 is 0. The van der Waals surface area contributed by atoms with E-state index >= 15 is 0 Å². The molecule has 2 N–H and O–H groups in total. The molecule has 19 heavy (non-hydrogen) atoms. The zero-order chi connectivity index (χ0) is 14.0.